The molecule has 0 N–H and O–H groups in total. The highest BCUT2D eigenvalue weighted by atomic mass is 16.5. The fraction of sp³-hybridized carbons (Fsp3) is 0.308. The molecule has 3 heteroatoms. The molecule has 1 aromatic carbocycles. The van der Waals surface area contributed by atoms with E-state index in [-0.39, 0.29) is 0 Å². The van der Waals surface area contributed by atoms with Gasteiger partial charge in [0.25, 0.3) is 0 Å². The zero-order valence-corrected chi connectivity index (χ0v) is 9.68. The average molecular weight is 216 g/mol. The van der Waals surface area contributed by atoms with Crippen LogP contribution in [0, 0.1) is 6.92 Å². The van der Waals surface area contributed by atoms with E-state index >= 15 is 0 Å². The van der Waals surface area contributed by atoms with Crippen molar-refractivity contribution in [3.05, 3.63) is 53.6 Å². The van der Waals surface area contributed by atoms with Gasteiger partial charge in [0.2, 0.25) is 0 Å². The predicted octanol–water partition coefficient (Wildman–Crippen LogP) is 2.39. The molecular formula is C13H16N2O. The van der Waals surface area contributed by atoms with E-state index in [1.54, 1.807) is 7.11 Å². The SMILES string of the molecule is COCc1cccc(Cn2ccnc2C)c1. The number of hydrogen-bond donors (Lipinski definition) is 0. The van der Waals surface area contributed by atoms with Crippen LogP contribution in [-0.4, -0.2) is 16.7 Å². The molecule has 0 bridgehead atoms. The summed E-state index contributed by atoms with van der Waals surface area (Å²) in [5, 5.41) is 0. The van der Waals surface area contributed by atoms with Crippen molar-refractivity contribution in [1.82, 2.24) is 9.55 Å². The second kappa shape index (κ2) is 4.94. The number of imidazole rings is 1. The van der Waals surface area contributed by atoms with Crippen LogP contribution in [0.4, 0.5) is 0 Å². The zero-order chi connectivity index (χ0) is 11.4. The highest BCUT2D eigenvalue weighted by molar-refractivity contribution is 5.23. The lowest BCUT2D eigenvalue weighted by Gasteiger charge is -2.07. The number of nitrogens with zero attached hydrogens (tertiary/aromatic N) is 2. The van der Waals surface area contributed by atoms with Crippen molar-refractivity contribution in [1.29, 1.82) is 0 Å². The average Bonchev–Trinajstić information content (AvgIpc) is 2.66. The van der Waals surface area contributed by atoms with E-state index in [4.69, 9.17) is 4.74 Å². The number of aromatic nitrogens is 2. The molecule has 16 heavy (non-hydrogen) atoms. The molecule has 0 aliphatic rings. The standard InChI is InChI=1S/C13H16N2O/c1-11-14-6-7-15(11)9-12-4-3-5-13(8-12)10-16-2/h3-8H,9-10H2,1-2H3. The maximum atomic E-state index is 5.12. The monoisotopic (exact) mass is 216 g/mol. The minimum absolute atomic E-state index is 0.663. The van der Waals surface area contributed by atoms with Gasteiger partial charge < -0.3 is 9.30 Å². The summed E-state index contributed by atoms with van der Waals surface area (Å²) >= 11 is 0. The van der Waals surface area contributed by atoms with Gasteiger partial charge in [0.15, 0.2) is 0 Å². The van der Waals surface area contributed by atoms with Gasteiger partial charge in [-0.25, -0.2) is 4.98 Å². The summed E-state index contributed by atoms with van der Waals surface area (Å²) in [6.07, 6.45) is 3.83. The van der Waals surface area contributed by atoms with Crippen LogP contribution in [0.3, 0.4) is 0 Å². The summed E-state index contributed by atoms with van der Waals surface area (Å²) in [6.45, 7) is 3.54. The molecule has 0 atom stereocenters. The molecule has 0 aliphatic carbocycles. The number of methoxy groups -OCH3 is 1. The smallest absolute Gasteiger partial charge is 0.105 e. The van der Waals surface area contributed by atoms with Crippen LogP contribution in [0.2, 0.25) is 0 Å². The van der Waals surface area contributed by atoms with Gasteiger partial charge in [-0.2, -0.15) is 0 Å². The molecule has 1 heterocycles. The number of rotatable bonds is 4. The molecule has 0 amide bonds. The number of ether oxygens (including phenoxy) is 1. The molecule has 0 unspecified atom stereocenters. The largest absolute Gasteiger partial charge is 0.380 e. The zero-order valence-electron chi connectivity index (χ0n) is 9.68. The van der Waals surface area contributed by atoms with Crippen molar-refractivity contribution in [2.75, 3.05) is 7.11 Å². The highest BCUT2D eigenvalue weighted by Gasteiger charge is 1.99. The third kappa shape index (κ3) is 2.49. The first-order valence-electron chi connectivity index (χ1n) is 5.34. The van der Waals surface area contributed by atoms with Crippen LogP contribution in [0.1, 0.15) is 17.0 Å². The van der Waals surface area contributed by atoms with E-state index in [1.807, 2.05) is 19.3 Å². The first kappa shape index (κ1) is 10.9. The molecule has 0 saturated carbocycles. The fourth-order valence-electron chi connectivity index (χ4n) is 1.75. The summed E-state index contributed by atoms with van der Waals surface area (Å²) < 4.78 is 7.25. The molecule has 1 aromatic heterocycles. The van der Waals surface area contributed by atoms with Crippen LogP contribution in [-0.2, 0) is 17.9 Å². The molecule has 0 aliphatic heterocycles. The molecule has 0 radical (unpaired) electrons. The highest BCUT2D eigenvalue weighted by Crippen LogP contribution is 2.09. The van der Waals surface area contributed by atoms with Gasteiger partial charge in [-0.1, -0.05) is 24.3 Å². The van der Waals surface area contributed by atoms with Gasteiger partial charge in [-0.3, -0.25) is 0 Å². The van der Waals surface area contributed by atoms with Crippen LogP contribution in [0.15, 0.2) is 36.7 Å². The summed E-state index contributed by atoms with van der Waals surface area (Å²) in [6, 6.07) is 8.44. The first-order valence-corrected chi connectivity index (χ1v) is 5.34. The Morgan fingerprint density at radius 3 is 2.81 bits per heavy atom. The Kier molecular flexibility index (Phi) is 3.37. The summed E-state index contributed by atoms with van der Waals surface area (Å²) in [4.78, 5) is 4.21. The Bertz CT molecular complexity index is 462. The Labute approximate surface area is 95.7 Å². The Balaban J connectivity index is 2.15. The molecule has 0 spiro atoms. The predicted molar refractivity (Wildman–Crippen MR) is 63.2 cm³/mol. The Morgan fingerprint density at radius 2 is 2.12 bits per heavy atom. The van der Waals surface area contributed by atoms with Crippen LogP contribution >= 0.6 is 0 Å². The quantitative estimate of drug-likeness (QED) is 0.784. The maximum Gasteiger partial charge on any atom is 0.105 e. The summed E-state index contributed by atoms with van der Waals surface area (Å²) in [5.41, 5.74) is 2.48. The third-order valence-corrected chi connectivity index (χ3v) is 2.58. The lowest BCUT2D eigenvalue weighted by molar-refractivity contribution is 0.185. The van der Waals surface area contributed by atoms with Crippen molar-refractivity contribution in [3.8, 4) is 0 Å². The first-order chi connectivity index (χ1) is 7.79. The molecular weight excluding hydrogens is 200 g/mol. The molecule has 0 fully saturated rings. The van der Waals surface area contributed by atoms with E-state index in [9.17, 15) is 0 Å². The van der Waals surface area contributed by atoms with Crippen LogP contribution in [0.5, 0.6) is 0 Å². The van der Waals surface area contributed by atoms with E-state index in [2.05, 4.69) is 33.8 Å². The van der Waals surface area contributed by atoms with Crippen molar-refractivity contribution < 1.29 is 4.74 Å². The van der Waals surface area contributed by atoms with Crippen molar-refractivity contribution in [2.45, 2.75) is 20.1 Å². The van der Waals surface area contributed by atoms with Crippen molar-refractivity contribution in [2.24, 2.45) is 0 Å². The topological polar surface area (TPSA) is 27.1 Å². The lowest BCUT2D eigenvalue weighted by Crippen LogP contribution is -2.01. The lowest BCUT2D eigenvalue weighted by atomic mass is 10.1. The summed E-state index contributed by atoms with van der Waals surface area (Å²) in [7, 11) is 1.71. The van der Waals surface area contributed by atoms with Crippen molar-refractivity contribution in [3.63, 3.8) is 0 Å². The second-order valence-electron chi connectivity index (χ2n) is 3.86. The molecule has 84 valence electrons. The van der Waals surface area contributed by atoms with Gasteiger partial charge in [0.1, 0.15) is 5.82 Å². The van der Waals surface area contributed by atoms with Gasteiger partial charge in [-0.15, -0.1) is 0 Å². The van der Waals surface area contributed by atoms with Gasteiger partial charge in [0.05, 0.1) is 6.61 Å². The van der Waals surface area contributed by atoms with Gasteiger partial charge >= 0.3 is 0 Å². The van der Waals surface area contributed by atoms with Crippen LogP contribution in [0.25, 0.3) is 0 Å². The minimum Gasteiger partial charge on any atom is -0.380 e. The van der Waals surface area contributed by atoms with Crippen molar-refractivity contribution >= 4 is 0 Å². The third-order valence-electron chi connectivity index (χ3n) is 2.58. The van der Waals surface area contributed by atoms with E-state index in [0.717, 1.165) is 12.4 Å². The normalized spacial score (nSPS) is 10.6. The molecule has 2 rings (SSSR count). The summed E-state index contributed by atoms with van der Waals surface area (Å²) in [5.74, 6) is 1.04. The molecule has 2 aromatic rings. The Hall–Kier alpha value is -1.61. The van der Waals surface area contributed by atoms with E-state index in [1.165, 1.54) is 11.1 Å². The second-order valence-corrected chi connectivity index (χ2v) is 3.86. The van der Waals surface area contributed by atoms with E-state index < -0.39 is 0 Å². The maximum absolute atomic E-state index is 5.12. The van der Waals surface area contributed by atoms with Gasteiger partial charge in [0, 0.05) is 26.0 Å². The minimum atomic E-state index is 0.663. The van der Waals surface area contributed by atoms with Crippen LogP contribution < -0.4 is 0 Å². The van der Waals surface area contributed by atoms with Gasteiger partial charge in [-0.05, 0) is 18.1 Å². The Morgan fingerprint density at radius 1 is 1.31 bits per heavy atom. The fourth-order valence-corrected chi connectivity index (χ4v) is 1.75. The number of hydrogen-bond acceptors (Lipinski definition) is 2. The van der Waals surface area contributed by atoms with E-state index in [0.29, 0.717) is 6.61 Å². The molecule has 3 nitrogen and oxygen atoms in total. The molecule has 0 saturated heterocycles. The number of benzene rings is 1. The number of aryl methyl sites for hydroxylation is 1.